The Hall–Kier alpha value is -3.08. The van der Waals surface area contributed by atoms with Gasteiger partial charge in [0, 0.05) is 16.4 Å². The summed E-state index contributed by atoms with van der Waals surface area (Å²) < 4.78 is 19.9. The summed E-state index contributed by atoms with van der Waals surface area (Å²) in [5.74, 6) is 1.86. The molecular formula is C32H31BO3. The van der Waals surface area contributed by atoms with Gasteiger partial charge in [-0.15, -0.1) is 0 Å². The summed E-state index contributed by atoms with van der Waals surface area (Å²) >= 11 is 0. The monoisotopic (exact) mass is 474 g/mol. The number of allylic oxidation sites excluding steroid dienone is 4. The first-order valence-corrected chi connectivity index (χ1v) is 12.9. The van der Waals surface area contributed by atoms with Crippen molar-refractivity contribution in [1.82, 2.24) is 0 Å². The van der Waals surface area contributed by atoms with E-state index in [-0.39, 0.29) is 5.41 Å². The van der Waals surface area contributed by atoms with E-state index in [1.165, 1.54) is 27.8 Å². The summed E-state index contributed by atoms with van der Waals surface area (Å²) in [6.45, 7) is 10.8. The molecule has 36 heavy (non-hydrogen) atoms. The van der Waals surface area contributed by atoms with Crippen LogP contribution in [0.25, 0.3) is 11.1 Å². The summed E-state index contributed by atoms with van der Waals surface area (Å²) in [5, 5.41) is 0. The van der Waals surface area contributed by atoms with E-state index in [1.807, 2.05) is 0 Å². The molecule has 0 bridgehead atoms. The fraction of sp³-hybridized carbons (Fsp3) is 0.312. The van der Waals surface area contributed by atoms with Crippen molar-refractivity contribution < 1.29 is 14.0 Å². The van der Waals surface area contributed by atoms with Crippen molar-refractivity contribution in [1.29, 1.82) is 0 Å². The highest BCUT2D eigenvalue weighted by Gasteiger charge is 2.63. The number of para-hydroxylation sites is 1. The van der Waals surface area contributed by atoms with Gasteiger partial charge in [0.1, 0.15) is 11.5 Å². The lowest BCUT2D eigenvalue weighted by Crippen LogP contribution is -2.52. The van der Waals surface area contributed by atoms with Gasteiger partial charge >= 0.3 is 7.12 Å². The molecule has 0 N–H and O–H groups in total. The Balaban J connectivity index is 1.57. The predicted molar refractivity (Wildman–Crippen MR) is 144 cm³/mol. The molecule has 2 aliphatic heterocycles. The first-order chi connectivity index (χ1) is 17.2. The normalized spacial score (nSPS) is 25.5. The molecule has 0 saturated carbocycles. The number of fused-ring (bicyclic) bond motifs is 9. The van der Waals surface area contributed by atoms with Gasteiger partial charge in [-0.2, -0.15) is 0 Å². The molecular weight excluding hydrogens is 443 g/mol. The summed E-state index contributed by atoms with van der Waals surface area (Å²) in [6, 6.07) is 24.3. The standard InChI is InChI=1S/C32H31BO3/c1-29(2)30(3,4)36-33(35-29)26-18-12-17-25-28(26)34-27-19-10-11-20-31(27,5)32(25)23-15-8-6-13-21(23)22-14-7-9-16-24(22)32/h6-19H,20H2,1-5H3. The second-order valence-electron chi connectivity index (χ2n) is 11.8. The fourth-order valence-corrected chi connectivity index (χ4v) is 6.87. The van der Waals surface area contributed by atoms with E-state index < -0.39 is 23.7 Å². The Bertz CT molecular complexity index is 1420. The molecule has 3 aromatic carbocycles. The molecule has 0 radical (unpaired) electrons. The minimum atomic E-state index is -0.502. The first kappa shape index (κ1) is 22.1. The highest BCUT2D eigenvalue weighted by Crippen LogP contribution is 2.67. The van der Waals surface area contributed by atoms with Crippen molar-refractivity contribution in [2.24, 2.45) is 5.41 Å². The Morgan fingerprint density at radius 3 is 1.92 bits per heavy atom. The van der Waals surface area contributed by atoms with Gasteiger partial charge in [0.2, 0.25) is 0 Å². The zero-order chi connectivity index (χ0) is 24.9. The zero-order valence-electron chi connectivity index (χ0n) is 21.6. The molecule has 3 nitrogen and oxygen atoms in total. The van der Waals surface area contributed by atoms with Crippen LogP contribution in [0.3, 0.4) is 0 Å². The van der Waals surface area contributed by atoms with Crippen LogP contribution in [0, 0.1) is 5.41 Å². The second kappa shape index (κ2) is 7.03. The molecule has 0 aromatic heterocycles. The molecule has 1 fully saturated rings. The summed E-state index contributed by atoms with van der Waals surface area (Å²) in [6.07, 6.45) is 7.45. The van der Waals surface area contributed by atoms with E-state index in [2.05, 4.69) is 120 Å². The van der Waals surface area contributed by atoms with Crippen LogP contribution in [-0.2, 0) is 14.7 Å². The molecule has 1 atom stereocenters. The summed E-state index contributed by atoms with van der Waals surface area (Å²) in [4.78, 5) is 0. The largest absolute Gasteiger partial charge is 0.498 e. The van der Waals surface area contributed by atoms with Crippen LogP contribution in [0.4, 0.5) is 0 Å². The molecule has 2 aliphatic carbocycles. The lowest BCUT2D eigenvalue weighted by molar-refractivity contribution is 0.00578. The van der Waals surface area contributed by atoms with Crippen LogP contribution in [0.15, 0.2) is 90.7 Å². The van der Waals surface area contributed by atoms with Crippen molar-refractivity contribution >= 4 is 12.6 Å². The Morgan fingerprint density at radius 1 is 0.694 bits per heavy atom. The molecule has 4 aliphatic rings. The molecule has 1 spiro atoms. The van der Waals surface area contributed by atoms with Crippen LogP contribution in [0.5, 0.6) is 5.75 Å². The summed E-state index contributed by atoms with van der Waals surface area (Å²) in [7, 11) is -0.502. The van der Waals surface area contributed by atoms with Crippen molar-refractivity contribution in [3.05, 3.63) is 107 Å². The van der Waals surface area contributed by atoms with Gasteiger partial charge in [-0.1, -0.05) is 85.8 Å². The molecule has 1 unspecified atom stereocenters. The number of ether oxygens (including phenoxy) is 1. The van der Waals surface area contributed by atoms with Gasteiger partial charge in [0.15, 0.2) is 0 Å². The minimum absolute atomic E-state index is 0.286. The number of rotatable bonds is 1. The average molecular weight is 474 g/mol. The SMILES string of the molecule is CC1(C)OB(c2cccc3c2OC2=CC=CCC2(C)C32c3ccccc3-c3ccccc32)OC1(C)C. The van der Waals surface area contributed by atoms with Gasteiger partial charge in [0.05, 0.1) is 16.6 Å². The van der Waals surface area contributed by atoms with E-state index >= 15 is 0 Å². The molecule has 1 saturated heterocycles. The fourth-order valence-electron chi connectivity index (χ4n) is 6.87. The molecule has 2 heterocycles. The van der Waals surface area contributed by atoms with Crippen LogP contribution in [0.2, 0.25) is 0 Å². The van der Waals surface area contributed by atoms with E-state index in [0.29, 0.717) is 0 Å². The molecule has 0 amide bonds. The molecule has 4 heteroatoms. The third-order valence-electron chi connectivity index (χ3n) is 9.40. The van der Waals surface area contributed by atoms with Gasteiger partial charge in [-0.05, 0) is 62.4 Å². The van der Waals surface area contributed by atoms with E-state index in [9.17, 15) is 0 Å². The Labute approximate surface area is 213 Å². The number of hydrogen-bond donors (Lipinski definition) is 0. The highest BCUT2D eigenvalue weighted by molar-refractivity contribution is 6.63. The quantitative estimate of drug-likeness (QED) is 0.375. The van der Waals surface area contributed by atoms with Crippen LogP contribution in [0.1, 0.15) is 57.7 Å². The third kappa shape index (κ3) is 2.52. The second-order valence-corrected chi connectivity index (χ2v) is 11.8. The van der Waals surface area contributed by atoms with E-state index in [1.54, 1.807) is 0 Å². The Morgan fingerprint density at radius 2 is 1.28 bits per heavy atom. The van der Waals surface area contributed by atoms with Crippen molar-refractivity contribution in [3.8, 4) is 16.9 Å². The first-order valence-electron chi connectivity index (χ1n) is 12.9. The molecule has 180 valence electrons. The third-order valence-corrected chi connectivity index (χ3v) is 9.40. The van der Waals surface area contributed by atoms with Crippen molar-refractivity contribution in [3.63, 3.8) is 0 Å². The lowest BCUT2D eigenvalue weighted by atomic mass is 9.51. The minimum Gasteiger partial charge on any atom is -0.461 e. The molecule has 7 rings (SSSR count). The molecule has 3 aromatic rings. The van der Waals surface area contributed by atoms with E-state index in [0.717, 1.165) is 23.4 Å². The zero-order valence-corrected chi connectivity index (χ0v) is 21.6. The van der Waals surface area contributed by atoms with Gasteiger partial charge in [-0.25, -0.2) is 0 Å². The highest BCUT2D eigenvalue weighted by atomic mass is 16.7. The topological polar surface area (TPSA) is 27.7 Å². The van der Waals surface area contributed by atoms with Crippen molar-refractivity contribution in [2.75, 3.05) is 0 Å². The Kier molecular flexibility index (Phi) is 4.32. The van der Waals surface area contributed by atoms with Gasteiger partial charge in [-0.3, -0.25) is 0 Å². The van der Waals surface area contributed by atoms with Crippen LogP contribution in [-0.4, -0.2) is 18.3 Å². The van der Waals surface area contributed by atoms with E-state index in [4.69, 9.17) is 14.0 Å². The number of hydrogen-bond acceptors (Lipinski definition) is 3. The summed E-state index contributed by atoms with van der Waals surface area (Å²) in [5.41, 5.74) is 5.87. The predicted octanol–water partition coefficient (Wildman–Crippen LogP) is 6.54. The van der Waals surface area contributed by atoms with Gasteiger partial charge in [0.25, 0.3) is 0 Å². The smallest absolute Gasteiger partial charge is 0.461 e. The van der Waals surface area contributed by atoms with Crippen LogP contribution < -0.4 is 10.2 Å². The number of benzene rings is 3. The maximum Gasteiger partial charge on any atom is 0.498 e. The van der Waals surface area contributed by atoms with Gasteiger partial charge < -0.3 is 14.0 Å². The van der Waals surface area contributed by atoms with Crippen LogP contribution >= 0.6 is 0 Å². The maximum atomic E-state index is 6.89. The average Bonchev–Trinajstić information content (AvgIpc) is 3.28. The lowest BCUT2D eigenvalue weighted by Gasteiger charge is -2.53. The van der Waals surface area contributed by atoms with Crippen molar-refractivity contribution in [2.45, 2.75) is 57.7 Å². The maximum absolute atomic E-state index is 6.89.